The molecule has 0 N–H and O–H groups in total. The van der Waals surface area contributed by atoms with E-state index in [1.54, 1.807) is 23.4 Å². The molecule has 0 aliphatic carbocycles. The molecule has 0 amide bonds. The van der Waals surface area contributed by atoms with Crippen molar-refractivity contribution in [2.45, 2.75) is 26.9 Å². The van der Waals surface area contributed by atoms with E-state index in [2.05, 4.69) is 10.1 Å². The van der Waals surface area contributed by atoms with Gasteiger partial charge >= 0.3 is 5.69 Å². The smallest absolute Gasteiger partial charge is 0.332 e. The second-order valence-corrected chi connectivity index (χ2v) is 6.36. The molecule has 0 saturated heterocycles. The van der Waals surface area contributed by atoms with E-state index >= 15 is 0 Å². The number of aryl methyl sites for hydroxylation is 3. The molecule has 0 aliphatic rings. The van der Waals surface area contributed by atoms with Gasteiger partial charge in [-0.3, -0.25) is 13.9 Å². The van der Waals surface area contributed by atoms with Gasteiger partial charge in [0.1, 0.15) is 0 Å². The van der Waals surface area contributed by atoms with E-state index in [1.807, 2.05) is 19.9 Å². The summed E-state index contributed by atoms with van der Waals surface area (Å²) in [5.41, 5.74) is 1.54. The van der Waals surface area contributed by atoms with Crippen LogP contribution in [0.1, 0.15) is 11.4 Å². The zero-order chi connectivity index (χ0) is 19.7. The van der Waals surface area contributed by atoms with Crippen molar-refractivity contribution in [3.05, 3.63) is 38.3 Å². The molecule has 27 heavy (non-hydrogen) atoms. The summed E-state index contributed by atoms with van der Waals surface area (Å²) in [7, 11) is 4.72. The lowest BCUT2D eigenvalue weighted by molar-refractivity contribution is 0.184. The fraction of sp³-hybridized carbons (Fsp3) is 0.529. The third-order valence-electron chi connectivity index (χ3n) is 4.45. The molecule has 3 heterocycles. The van der Waals surface area contributed by atoms with Gasteiger partial charge in [0.2, 0.25) is 5.95 Å². The molecule has 0 atom stereocenters. The minimum absolute atomic E-state index is 0.169. The molecule has 0 spiro atoms. The zero-order valence-electron chi connectivity index (χ0n) is 16.2. The molecule has 0 bridgehead atoms. The average Bonchev–Trinajstić information content (AvgIpc) is 3.17. The van der Waals surface area contributed by atoms with Crippen LogP contribution in [0.3, 0.4) is 0 Å². The highest BCUT2D eigenvalue weighted by atomic mass is 16.5. The van der Waals surface area contributed by atoms with Gasteiger partial charge in [0, 0.05) is 33.5 Å². The molecule has 10 nitrogen and oxygen atoms in total. The van der Waals surface area contributed by atoms with Crippen molar-refractivity contribution in [2.24, 2.45) is 7.05 Å². The summed E-state index contributed by atoms with van der Waals surface area (Å²) >= 11 is 0. The molecule has 0 saturated carbocycles. The predicted octanol–water partition coefficient (Wildman–Crippen LogP) is -0.00796. The standard InChI is InChI=1S/C17H24N6O4/c1-11-10-12(2)23(19-11)16-18-14-13(21(16)6-8-26-4)15(24)22(7-9-27-5)17(25)20(14)3/h10H,6-9H2,1-5H3. The molecule has 0 aromatic carbocycles. The summed E-state index contributed by atoms with van der Waals surface area (Å²) < 4.78 is 16.2. The number of rotatable bonds is 7. The maximum absolute atomic E-state index is 13.1. The zero-order valence-corrected chi connectivity index (χ0v) is 16.2. The quantitative estimate of drug-likeness (QED) is 0.575. The van der Waals surface area contributed by atoms with Crippen molar-refractivity contribution >= 4 is 11.2 Å². The van der Waals surface area contributed by atoms with Crippen LogP contribution in [0.15, 0.2) is 15.7 Å². The highest BCUT2D eigenvalue weighted by Gasteiger charge is 2.22. The Hall–Kier alpha value is -2.72. The third-order valence-corrected chi connectivity index (χ3v) is 4.45. The molecule has 0 aliphatic heterocycles. The predicted molar refractivity (Wildman–Crippen MR) is 99.6 cm³/mol. The van der Waals surface area contributed by atoms with E-state index in [1.165, 1.54) is 16.2 Å². The Balaban J connectivity index is 2.36. The van der Waals surface area contributed by atoms with Crippen molar-refractivity contribution in [1.29, 1.82) is 0 Å². The number of hydrogen-bond donors (Lipinski definition) is 0. The van der Waals surface area contributed by atoms with Crippen molar-refractivity contribution in [2.75, 3.05) is 27.4 Å². The number of imidazole rings is 1. The van der Waals surface area contributed by atoms with Gasteiger partial charge in [-0.15, -0.1) is 0 Å². The Morgan fingerprint density at radius 2 is 1.67 bits per heavy atom. The summed E-state index contributed by atoms with van der Waals surface area (Å²) in [5, 5.41) is 4.47. The van der Waals surface area contributed by atoms with Crippen LogP contribution in [0, 0.1) is 13.8 Å². The molecule has 146 valence electrons. The fourth-order valence-electron chi connectivity index (χ4n) is 3.13. The molecule has 0 radical (unpaired) electrons. The Labute approximate surface area is 155 Å². The van der Waals surface area contributed by atoms with Crippen LogP contribution >= 0.6 is 0 Å². The number of nitrogens with zero attached hydrogens (tertiary/aromatic N) is 6. The molecule has 3 rings (SSSR count). The van der Waals surface area contributed by atoms with Crippen molar-refractivity contribution in [1.82, 2.24) is 28.5 Å². The first kappa shape index (κ1) is 19.1. The van der Waals surface area contributed by atoms with Crippen LogP contribution in [0.25, 0.3) is 17.1 Å². The van der Waals surface area contributed by atoms with E-state index in [0.29, 0.717) is 30.3 Å². The van der Waals surface area contributed by atoms with Crippen LogP contribution in [-0.2, 0) is 29.6 Å². The summed E-state index contributed by atoms with van der Waals surface area (Å²) in [5.74, 6) is 0.476. The third kappa shape index (κ3) is 3.21. The van der Waals surface area contributed by atoms with E-state index in [0.717, 1.165) is 11.4 Å². The highest BCUT2D eigenvalue weighted by Crippen LogP contribution is 2.17. The normalized spacial score (nSPS) is 11.6. The molecule has 10 heteroatoms. The van der Waals surface area contributed by atoms with Gasteiger partial charge in [-0.05, 0) is 19.9 Å². The maximum atomic E-state index is 13.1. The largest absolute Gasteiger partial charge is 0.383 e. The first-order valence-electron chi connectivity index (χ1n) is 8.62. The van der Waals surface area contributed by atoms with E-state index in [9.17, 15) is 9.59 Å². The lowest BCUT2D eigenvalue weighted by Gasteiger charge is -2.11. The summed E-state index contributed by atoms with van der Waals surface area (Å²) in [4.78, 5) is 30.3. The van der Waals surface area contributed by atoms with E-state index in [4.69, 9.17) is 9.47 Å². The number of aromatic nitrogens is 6. The monoisotopic (exact) mass is 376 g/mol. The van der Waals surface area contributed by atoms with Crippen LogP contribution in [-0.4, -0.2) is 55.9 Å². The SMILES string of the molecule is COCCn1c(=O)c2c(nc(-n3nc(C)cc3C)n2CCOC)n(C)c1=O. The minimum Gasteiger partial charge on any atom is -0.383 e. The number of methoxy groups -OCH3 is 2. The van der Waals surface area contributed by atoms with Crippen molar-refractivity contribution in [3.8, 4) is 5.95 Å². The van der Waals surface area contributed by atoms with Gasteiger partial charge in [0.05, 0.1) is 25.5 Å². The molecular weight excluding hydrogens is 352 g/mol. The van der Waals surface area contributed by atoms with Crippen molar-refractivity contribution in [3.63, 3.8) is 0 Å². The molecule has 3 aromatic rings. The van der Waals surface area contributed by atoms with Gasteiger partial charge in [0.15, 0.2) is 11.2 Å². The minimum atomic E-state index is -0.430. The van der Waals surface area contributed by atoms with Gasteiger partial charge in [0.25, 0.3) is 5.56 Å². The van der Waals surface area contributed by atoms with E-state index in [-0.39, 0.29) is 13.2 Å². The summed E-state index contributed by atoms with van der Waals surface area (Å²) in [6, 6.07) is 1.93. The number of ether oxygens (including phenoxy) is 2. The maximum Gasteiger partial charge on any atom is 0.332 e. The van der Waals surface area contributed by atoms with Crippen LogP contribution in [0.5, 0.6) is 0 Å². The van der Waals surface area contributed by atoms with Gasteiger partial charge in [-0.25, -0.2) is 9.48 Å². The van der Waals surface area contributed by atoms with Gasteiger partial charge in [-0.1, -0.05) is 0 Å². The lowest BCUT2D eigenvalue weighted by atomic mass is 10.4. The molecule has 0 unspecified atom stereocenters. The Morgan fingerprint density at radius 3 is 2.22 bits per heavy atom. The number of fused-ring (bicyclic) bond motifs is 1. The second kappa shape index (κ2) is 7.49. The molecule has 0 fully saturated rings. The van der Waals surface area contributed by atoms with Crippen LogP contribution in [0.4, 0.5) is 0 Å². The molecule has 3 aromatic heterocycles. The first-order chi connectivity index (χ1) is 12.9. The molecular formula is C17H24N6O4. The van der Waals surface area contributed by atoms with E-state index < -0.39 is 11.2 Å². The van der Waals surface area contributed by atoms with Crippen LogP contribution in [0.2, 0.25) is 0 Å². The highest BCUT2D eigenvalue weighted by molar-refractivity contribution is 5.72. The topological polar surface area (TPSA) is 98.1 Å². The summed E-state index contributed by atoms with van der Waals surface area (Å²) in [6.07, 6.45) is 0. The Kier molecular flexibility index (Phi) is 5.29. The van der Waals surface area contributed by atoms with Crippen molar-refractivity contribution < 1.29 is 9.47 Å². The first-order valence-corrected chi connectivity index (χ1v) is 8.62. The second-order valence-electron chi connectivity index (χ2n) is 6.36. The van der Waals surface area contributed by atoms with Gasteiger partial charge < -0.3 is 14.0 Å². The van der Waals surface area contributed by atoms with Gasteiger partial charge in [-0.2, -0.15) is 10.1 Å². The van der Waals surface area contributed by atoms with Crippen LogP contribution < -0.4 is 11.2 Å². The fourth-order valence-corrected chi connectivity index (χ4v) is 3.13. The Bertz CT molecular complexity index is 1090. The summed E-state index contributed by atoms with van der Waals surface area (Å²) in [6.45, 7) is 5.02. The lowest BCUT2D eigenvalue weighted by Crippen LogP contribution is -2.40. The number of hydrogen-bond acceptors (Lipinski definition) is 6. The Morgan fingerprint density at radius 1 is 1.04 bits per heavy atom. The average molecular weight is 376 g/mol.